The van der Waals surface area contributed by atoms with E-state index in [0.717, 1.165) is 6.26 Å². The van der Waals surface area contributed by atoms with E-state index in [-0.39, 0.29) is 17.9 Å². The van der Waals surface area contributed by atoms with Crippen molar-refractivity contribution in [2.24, 2.45) is 0 Å². The van der Waals surface area contributed by atoms with E-state index in [2.05, 4.69) is 10.0 Å². The summed E-state index contributed by atoms with van der Waals surface area (Å²) >= 11 is 0. The Labute approximate surface area is 139 Å². The summed E-state index contributed by atoms with van der Waals surface area (Å²) in [6.45, 7) is 0. The molecule has 0 heterocycles. The third-order valence-corrected chi connectivity index (χ3v) is 3.59. The third kappa shape index (κ3) is 5.40. The zero-order chi connectivity index (χ0) is 17.7. The van der Waals surface area contributed by atoms with E-state index in [1.807, 2.05) is 0 Å². The second-order valence-corrected chi connectivity index (χ2v) is 6.93. The first-order valence-corrected chi connectivity index (χ1v) is 8.82. The number of anilines is 2. The molecule has 0 aliphatic carbocycles. The molecule has 0 atom stereocenters. The number of hydrogen-bond acceptors (Lipinski definition) is 4. The summed E-state index contributed by atoms with van der Waals surface area (Å²) in [5.41, 5.74) is 1.45. The Balaban J connectivity index is 2.06. The number of carbonyl (C=O) groups excluding carboxylic acids is 1. The maximum atomic E-state index is 12.1. The van der Waals surface area contributed by atoms with Crippen molar-refractivity contribution < 1.29 is 23.1 Å². The van der Waals surface area contributed by atoms with Crippen LogP contribution in [0.4, 0.5) is 11.4 Å². The van der Waals surface area contributed by atoms with Gasteiger partial charge < -0.3 is 10.4 Å². The quantitative estimate of drug-likeness (QED) is 0.738. The van der Waals surface area contributed by atoms with Gasteiger partial charge in [0.25, 0.3) is 0 Å². The molecule has 126 valence electrons. The Morgan fingerprint density at radius 3 is 2.38 bits per heavy atom. The molecule has 3 N–H and O–H groups in total. The summed E-state index contributed by atoms with van der Waals surface area (Å²) < 4.78 is 24.8. The molecule has 0 aliphatic heterocycles. The van der Waals surface area contributed by atoms with Crippen LogP contribution < -0.4 is 10.0 Å². The van der Waals surface area contributed by atoms with Gasteiger partial charge in [-0.25, -0.2) is 13.2 Å². The van der Waals surface area contributed by atoms with E-state index < -0.39 is 16.0 Å². The first-order chi connectivity index (χ1) is 11.2. The summed E-state index contributed by atoms with van der Waals surface area (Å²) in [5.74, 6) is -1.40. The lowest BCUT2D eigenvalue weighted by molar-refractivity contribution is -0.115. The minimum Gasteiger partial charge on any atom is -0.478 e. The van der Waals surface area contributed by atoms with Gasteiger partial charge in [-0.3, -0.25) is 9.52 Å². The molecule has 2 aromatic carbocycles. The zero-order valence-corrected chi connectivity index (χ0v) is 13.6. The lowest BCUT2D eigenvalue weighted by atomic mass is 10.1. The van der Waals surface area contributed by atoms with Crippen LogP contribution in [0.5, 0.6) is 0 Å². The molecule has 2 aromatic rings. The van der Waals surface area contributed by atoms with Crippen molar-refractivity contribution in [3.8, 4) is 0 Å². The third-order valence-electron chi connectivity index (χ3n) is 2.99. The van der Waals surface area contributed by atoms with E-state index in [4.69, 9.17) is 5.11 Å². The van der Waals surface area contributed by atoms with E-state index in [1.54, 1.807) is 30.3 Å². The number of carbonyl (C=O) groups is 2. The fourth-order valence-corrected chi connectivity index (χ4v) is 2.63. The standard InChI is InChI=1S/C16H16N2O5S/c1-24(22,23)18-14-7-3-6-13(10-14)17-15(19)9-11-4-2-5-12(8-11)16(20)21/h2-8,10,18H,9H2,1H3,(H,17,19)(H,20,21). The SMILES string of the molecule is CS(=O)(=O)Nc1cccc(NC(=O)Cc2cccc(C(=O)O)c2)c1. The van der Waals surface area contributed by atoms with Crippen molar-refractivity contribution >= 4 is 33.3 Å². The van der Waals surface area contributed by atoms with Crippen molar-refractivity contribution in [2.45, 2.75) is 6.42 Å². The van der Waals surface area contributed by atoms with Crippen LogP contribution in [0.2, 0.25) is 0 Å². The molecule has 0 fully saturated rings. The van der Waals surface area contributed by atoms with Crippen LogP contribution in [-0.4, -0.2) is 31.7 Å². The molecule has 0 aliphatic rings. The summed E-state index contributed by atoms with van der Waals surface area (Å²) in [7, 11) is -3.40. The topological polar surface area (TPSA) is 113 Å². The van der Waals surface area contributed by atoms with Gasteiger partial charge in [-0.2, -0.15) is 0 Å². The van der Waals surface area contributed by atoms with Gasteiger partial charge in [0, 0.05) is 5.69 Å². The van der Waals surface area contributed by atoms with Crippen molar-refractivity contribution in [3.05, 3.63) is 59.7 Å². The van der Waals surface area contributed by atoms with Crippen molar-refractivity contribution in [1.29, 1.82) is 0 Å². The van der Waals surface area contributed by atoms with Gasteiger partial charge >= 0.3 is 5.97 Å². The highest BCUT2D eigenvalue weighted by molar-refractivity contribution is 7.92. The minimum atomic E-state index is -3.40. The highest BCUT2D eigenvalue weighted by Crippen LogP contribution is 2.16. The van der Waals surface area contributed by atoms with Crippen LogP contribution in [0, 0.1) is 0 Å². The average molecular weight is 348 g/mol. The number of rotatable bonds is 6. The fraction of sp³-hybridized carbons (Fsp3) is 0.125. The van der Waals surface area contributed by atoms with Crippen molar-refractivity contribution in [2.75, 3.05) is 16.3 Å². The lowest BCUT2D eigenvalue weighted by Gasteiger charge is -2.09. The highest BCUT2D eigenvalue weighted by atomic mass is 32.2. The maximum Gasteiger partial charge on any atom is 0.335 e. The van der Waals surface area contributed by atoms with E-state index >= 15 is 0 Å². The summed E-state index contributed by atoms with van der Waals surface area (Å²) in [6.07, 6.45) is 1.04. The van der Waals surface area contributed by atoms with Crippen LogP contribution in [-0.2, 0) is 21.2 Å². The molecular formula is C16H16N2O5S. The number of hydrogen-bond donors (Lipinski definition) is 3. The normalized spacial score (nSPS) is 10.9. The van der Waals surface area contributed by atoms with Gasteiger partial charge in [0.1, 0.15) is 0 Å². The first-order valence-electron chi connectivity index (χ1n) is 6.93. The lowest BCUT2D eigenvalue weighted by Crippen LogP contribution is -2.15. The molecule has 0 bridgehead atoms. The number of carboxylic acid groups (broad SMARTS) is 1. The Morgan fingerprint density at radius 2 is 1.71 bits per heavy atom. The minimum absolute atomic E-state index is 0.00481. The maximum absolute atomic E-state index is 12.1. The molecule has 24 heavy (non-hydrogen) atoms. The largest absolute Gasteiger partial charge is 0.478 e. The Kier molecular flexibility index (Phi) is 5.20. The highest BCUT2D eigenvalue weighted by Gasteiger charge is 2.08. The predicted octanol–water partition coefficient (Wildman–Crippen LogP) is 1.94. The van der Waals surface area contributed by atoms with Crippen LogP contribution in [0.1, 0.15) is 15.9 Å². The number of amides is 1. The van der Waals surface area contributed by atoms with Gasteiger partial charge in [-0.05, 0) is 35.9 Å². The van der Waals surface area contributed by atoms with Crippen molar-refractivity contribution in [3.63, 3.8) is 0 Å². The Hall–Kier alpha value is -2.87. The molecule has 7 nitrogen and oxygen atoms in total. The van der Waals surface area contributed by atoms with Crippen molar-refractivity contribution in [1.82, 2.24) is 0 Å². The molecule has 0 radical (unpaired) electrons. The van der Waals surface area contributed by atoms with Gasteiger partial charge in [-0.15, -0.1) is 0 Å². The number of aromatic carboxylic acids is 1. The molecule has 8 heteroatoms. The second-order valence-electron chi connectivity index (χ2n) is 5.19. The Morgan fingerprint density at radius 1 is 1.04 bits per heavy atom. The number of carboxylic acids is 1. The number of sulfonamides is 1. The summed E-state index contributed by atoms with van der Waals surface area (Å²) in [4.78, 5) is 23.0. The number of benzene rings is 2. The van der Waals surface area contributed by atoms with Crippen LogP contribution in [0.3, 0.4) is 0 Å². The molecule has 0 spiro atoms. The molecule has 2 rings (SSSR count). The second kappa shape index (κ2) is 7.14. The summed E-state index contributed by atoms with van der Waals surface area (Å²) in [5, 5.41) is 11.6. The molecule has 1 amide bonds. The van der Waals surface area contributed by atoms with Gasteiger partial charge in [-0.1, -0.05) is 18.2 Å². The van der Waals surface area contributed by atoms with E-state index in [0.29, 0.717) is 16.9 Å². The molecule has 0 saturated heterocycles. The Bertz CT molecular complexity index is 878. The molecular weight excluding hydrogens is 332 g/mol. The smallest absolute Gasteiger partial charge is 0.335 e. The molecule has 0 aromatic heterocycles. The van der Waals surface area contributed by atoms with Crippen LogP contribution in [0.25, 0.3) is 0 Å². The van der Waals surface area contributed by atoms with E-state index in [9.17, 15) is 18.0 Å². The van der Waals surface area contributed by atoms with Gasteiger partial charge in [0.15, 0.2) is 0 Å². The van der Waals surface area contributed by atoms with Gasteiger partial charge in [0.05, 0.1) is 23.9 Å². The zero-order valence-electron chi connectivity index (χ0n) is 12.8. The van der Waals surface area contributed by atoms with Crippen LogP contribution >= 0.6 is 0 Å². The monoisotopic (exact) mass is 348 g/mol. The fourth-order valence-electron chi connectivity index (χ4n) is 2.08. The molecule has 0 unspecified atom stereocenters. The average Bonchev–Trinajstić information content (AvgIpc) is 2.45. The summed E-state index contributed by atoms with van der Waals surface area (Å²) in [6, 6.07) is 12.4. The van der Waals surface area contributed by atoms with Gasteiger partial charge in [0.2, 0.25) is 15.9 Å². The molecule has 0 saturated carbocycles. The predicted molar refractivity (Wildman–Crippen MR) is 90.6 cm³/mol. The van der Waals surface area contributed by atoms with Crippen LogP contribution in [0.15, 0.2) is 48.5 Å². The number of nitrogens with one attached hydrogen (secondary N) is 2. The van der Waals surface area contributed by atoms with E-state index in [1.165, 1.54) is 18.2 Å². The first kappa shape index (κ1) is 17.5.